The van der Waals surface area contributed by atoms with Crippen LogP contribution < -0.4 is 4.74 Å². The highest BCUT2D eigenvalue weighted by atomic mass is 19.1. The maximum Gasteiger partial charge on any atom is 0.410 e. The lowest BCUT2D eigenvalue weighted by atomic mass is 9.93. The normalized spacial score (nSPS) is 18.3. The van der Waals surface area contributed by atoms with Gasteiger partial charge in [-0.2, -0.15) is 0 Å². The number of hydrogen-bond acceptors (Lipinski definition) is 6. The molecule has 1 aliphatic rings. The molecule has 1 heterocycles. The smallest absolute Gasteiger partial charge is 0.410 e. The van der Waals surface area contributed by atoms with Crippen molar-refractivity contribution in [3.05, 3.63) is 101 Å². The van der Waals surface area contributed by atoms with Gasteiger partial charge >= 0.3 is 12.1 Å². The third-order valence-electron chi connectivity index (χ3n) is 6.94. The van der Waals surface area contributed by atoms with Crippen molar-refractivity contribution < 1.29 is 38.5 Å². The molecule has 10 heteroatoms. The molecule has 3 aromatic carbocycles. The quantitative estimate of drug-likeness (QED) is 0.397. The first kappa shape index (κ1) is 28.6. The summed E-state index contributed by atoms with van der Waals surface area (Å²) < 4.78 is 24.4. The molecule has 1 aliphatic heterocycles. The number of likely N-dealkylation sites (tertiary alicyclic amines) is 1. The van der Waals surface area contributed by atoms with E-state index in [1.807, 2.05) is 12.1 Å². The van der Waals surface area contributed by atoms with Crippen molar-refractivity contribution in [1.82, 2.24) is 9.80 Å². The van der Waals surface area contributed by atoms with Crippen molar-refractivity contribution in [1.29, 1.82) is 0 Å². The zero-order valence-electron chi connectivity index (χ0n) is 22.0. The molecule has 3 aromatic rings. The zero-order valence-corrected chi connectivity index (χ0v) is 22.0. The molecule has 0 saturated carbocycles. The van der Waals surface area contributed by atoms with Gasteiger partial charge in [0.05, 0.1) is 13.2 Å². The summed E-state index contributed by atoms with van der Waals surface area (Å²) in [7, 11) is 1.52. The van der Waals surface area contributed by atoms with Crippen molar-refractivity contribution >= 4 is 18.0 Å². The van der Waals surface area contributed by atoms with E-state index in [2.05, 4.69) is 0 Å². The van der Waals surface area contributed by atoms with Gasteiger partial charge in [0.25, 0.3) is 0 Å². The first-order valence-electron chi connectivity index (χ1n) is 12.8. The average Bonchev–Trinajstić information content (AvgIpc) is 3.31. The van der Waals surface area contributed by atoms with Gasteiger partial charge in [-0.05, 0) is 41.3 Å². The lowest BCUT2D eigenvalue weighted by Gasteiger charge is -2.30. The van der Waals surface area contributed by atoms with Crippen LogP contribution in [0.5, 0.6) is 5.75 Å². The highest BCUT2D eigenvalue weighted by molar-refractivity contribution is 5.89. The Morgan fingerprint density at radius 1 is 1.00 bits per heavy atom. The van der Waals surface area contributed by atoms with Crippen molar-refractivity contribution in [3.8, 4) is 5.75 Å². The molecular weight excluding hydrogens is 519 g/mol. The first-order valence-corrected chi connectivity index (χ1v) is 12.8. The molecule has 4 rings (SSSR count). The van der Waals surface area contributed by atoms with Crippen molar-refractivity contribution in [3.63, 3.8) is 0 Å². The molecule has 0 spiro atoms. The summed E-state index contributed by atoms with van der Waals surface area (Å²) in [6.07, 6.45) is -1.93. The van der Waals surface area contributed by atoms with Gasteiger partial charge in [-0.25, -0.2) is 9.18 Å². The Kier molecular flexibility index (Phi) is 9.34. The number of carbonyl (C=O) groups is 3. The third kappa shape index (κ3) is 6.76. The van der Waals surface area contributed by atoms with E-state index in [9.17, 15) is 29.0 Å². The number of aliphatic carboxylic acids is 1. The molecule has 40 heavy (non-hydrogen) atoms. The number of carboxylic acid groups (broad SMARTS) is 1. The van der Waals surface area contributed by atoms with Crippen LogP contribution in [0.15, 0.2) is 78.9 Å². The van der Waals surface area contributed by atoms with Gasteiger partial charge in [0.1, 0.15) is 30.8 Å². The molecular formula is C30H31FN2O7. The van der Waals surface area contributed by atoms with E-state index < -0.39 is 48.4 Å². The van der Waals surface area contributed by atoms with Crippen LogP contribution in [0, 0.1) is 5.82 Å². The lowest BCUT2D eigenvalue weighted by molar-refractivity contribution is -0.147. The number of para-hydroxylation sites is 1. The molecule has 1 fully saturated rings. The summed E-state index contributed by atoms with van der Waals surface area (Å²) >= 11 is 0. The number of benzene rings is 3. The summed E-state index contributed by atoms with van der Waals surface area (Å²) in [6, 6.07) is 20.2. The molecule has 0 aromatic heterocycles. The van der Waals surface area contributed by atoms with Crippen LogP contribution in [0.25, 0.3) is 0 Å². The van der Waals surface area contributed by atoms with E-state index >= 15 is 0 Å². The number of carbonyl (C=O) groups excluding carboxylic acids is 2. The van der Waals surface area contributed by atoms with Crippen molar-refractivity contribution in [2.24, 2.45) is 0 Å². The third-order valence-corrected chi connectivity index (χ3v) is 6.94. The van der Waals surface area contributed by atoms with E-state index in [0.717, 1.165) is 20.9 Å². The molecule has 1 saturated heterocycles. The standard InChI is InChI=1S/C30H31FN2O7/c1-39-25-10-6-5-9-22(25)15-16-32(18-26(34)35)29(37)27-28(36)24(21-11-13-23(31)14-12-21)17-33(27)30(38)40-19-20-7-3-2-4-8-20/h2-14,24,27-28,36H,15-19H2,1H3,(H,34,35)/t24-,27+,28-/m0/s1. The topological polar surface area (TPSA) is 117 Å². The maximum atomic E-state index is 13.8. The van der Waals surface area contributed by atoms with Crippen LogP contribution in [-0.4, -0.2) is 76.9 Å². The second-order valence-electron chi connectivity index (χ2n) is 9.50. The maximum absolute atomic E-state index is 13.8. The number of methoxy groups -OCH3 is 1. The highest BCUT2D eigenvalue weighted by Gasteiger charge is 2.49. The van der Waals surface area contributed by atoms with Crippen LogP contribution in [0.3, 0.4) is 0 Å². The number of aliphatic hydroxyl groups is 1. The first-order chi connectivity index (χ1) is 19.3. The van der Waals surface area contributed by atoms with E-state index in [1.54, 1.807) is 42.5 Å². The lowest BCUT2D eigenvalue weighted by Crippen LogP contribution is -2.53. The molecule has 2 N–H and O–H groups in total. The molecule has 0 radical (unpaired) electrons. The predicted molar refractivity (Wildman–Crippen MR) is 143 cm³/mol. The van der Waals surface area contributed by atoms with Gasteiger partial charge in [0.2, 0.25) is 5.91 Å². The van der Waals surface area contributed by atoms with Crippen LogP contribution >= 0.6 is 0 Å². The van der Waals surface area contributed by atoms with Gasteiger partial charge in [-0.3, -0.25) is 14.5 Å². The number of rotatable bonds is 10. The Hall–Kier alpha value is -4.44. The summed E-state index contributed by atoms with van der Waals surface area (Å²) in [5.74, 6) is -2.57. The summed E-state index contributed by atoms with van der Waals surface area (Å²) in [5.41, 5.74) is 2.03. The number of nitrogens with zero attached hydrogens (tertiary/aromatic N) is 2. The molecule has 210 valence electrons. The Labute approximate surface area is 231 Å². The van der Waals surface area contributed by atoms with Crippen LogP contribution in [0.2, 0.25) is 0 Å². The predicted octanol–water partition coefficient (Wildman–Crippen LogP) is 3.46. The molecule has 0 unspecified atom stereocenters. The molecule has 0 aliphatic carbocycles. The number of halogens is 1. The van der Waals surface area contributed by atoms with Gasteiger partial charge in [-0.15, -0.1) is 0 Å². The molecule has 2 amide bonds. The molecule has 3 atom stereocenters. The minimum absolute atomic E-state index is 0.00282. The van der Waals surface area contributed by atoms with E-state index in [4.69, 9.17) is 9.47 Å². The number of hydrogen-bond donors (Lipinski definition) is 2. The largest absolute Gasteiger partial charge is 0.496 e. The van der Waals surface area contributed by atoms with Gasteiger partial charge in [0.15, 0.2) is 0 Å². The second kappa shape index (κ2) is 13.1. The Bertz CT molecular complexity index is 1320. The van der Waals surface area contributed by atoms with Crippen molar-refractivity contribution in [2.75, 3.05) is 26.7 Å². The highest BCUT2D eigenvalue weighted by Crippen LogP contribution is 2.34. The van der Waals surface area contributed by atoms with Crippen LogP contribution in [0.1, 0.15) is 22.6 Å². The average molecular weight is 551 g/mol. The summed E-state index contributed by atoms with van der Waals surface area (Å²) in [4.78, 5) is 41.0. The number of aliphatic hydroxyl groups excluding tert-OH is 1. The Balaban J connectivity index is 1.60. The Morgan fingerprint density at radius 3 is 2.35 bits per heavy atom. The van der Waals surface area contributed by atoms with E-state index in [0.29, 0.717) is 11.3 Å². The number of ether oxygens (including phenoxy) is 2. The fraction of sp³-hybridized carbons (Fsp3) is 0.300. The summed E-state index contributed by atoms with van der Waals surface area (Å²) in [6.45, 7) is -0.764. The fourth-order valence-corrected chi connectivity index (χ4v) is 4.90. The second-order valence-corrected chi connectivity index (χ2v) is 9.50. The fourth-order valence-electron chi connectivity index (χ4n) is 4.90. The van der Waals surface area contributed by atoms with Gasteiger partial charge in [0, 0.05) is 19.0 Å². The van der Waals surface area contributed by atoms with E-state index in [1.165, 1.54) is 31.4 Å². The summed E-state index contributed by atoms with van der Waals surface area (Å²) in [5, 5.41) is 20.9. The van der Waals surface area contributed by atoms with Crippen LogP contribution in [-0.2, 0) is 27.4 Å². The number of amides is 2. The van der Waals surface area contributed by atoms with Crippen molar-refractivity contribution in [2.45, 2.75) is 31.1 Å². The molecule has 0 bridgehead atoms. The number of carboxylic acids is 1. The van der Waals surface area contributed by atoms with Crippen LogP contribution in [0.4, 0.5) is 9.18 Å². The monoisotopic (exact) mass is 550 g/mol. The zero-order chi connectivity index (χ0) is 28.6. The SMILES string of the molecule is COc1ccccc1CCN(CC(=O)O)C(=O)[C@H]1[C@@H](O)[C@H](c2ccc(F)cc2)CN1C(=O)OCc1ccccc1. The Morgan fingerprint density at radius 2 is 1.68 bits per heavy atom. The van der Waals surface area contributed by atoms with Gasteiger partial charge < -0.3 is 24.6 Å². The van der Waals surface area contributed by atoms with Gasteiger partial charge in [-0.1, -0.05) is 60.7 Å². The van der Waals surface area contributed by atoms with E-state index in [-0.39, 0.29) is 26.1 Å². The minimum atomic E-state index is -1.41. The molecule has 9 nitrogen and oxygen atoms in total. The minimum Gasteiger partial charge on any atom is -0.496 e.